The topological polar surface area (TPSA) is 29.1 Å². The number of hydrogen-bond acceptors (Lipinski definition) is 2. The molecule has 0 heterocycles. The summed E-state index contributed by atoms with van der Waals surface area (Å²) in [5, 5.41) is 3.92. The highest BCUT2D eigenvalue weighted by Gasteiger charge is 2.27. The van der Waals surface area contributed by atoms with Crippen molar-refractivity contribution in [3.8, 4) is 0 Å². The van der Waals surface area contributed by atoms with Crippen LogP contribution in [-0.4, -0.2) is 18.4 Å². The molecule has 15 heavy (non-hydrogen) atoms. The van der Waals surface area contributed by atoms with E-state index < -0.39 is 0 Å². The predicted octanol–water partition coefficient (Wildman–Crippen LogP) is 2.45. The third kappa shape index (κ3) is 1.92. The molecule has 1 aliphatic rings. The van der Waals surface area contributed by atoms with Crippen LogP contribution in [0, 0.1) is 0 Å². The van der Waals surface area contributed by atoms with E-state index in [1.54, 1.807) is 0 Å². The van der Waals surface area contributed by atoms with Gasteiger partial charge in [0.2, 0.25) is 0 Å². The lowest BCUT2D eigenvalue weighted by Gasteiger charge is -2.24. The van der Waals surface area contributed by atoms with Crippen molar-refractivity contribution in [3.05, 3.63) is 34.3 Å². The fourth-order valence-electron chi connectivity index (χ4n) is 2.09. The number of rotatable bonds is 2. The highest BCUT2D eigenvalue weighted by molar-refractivity contribution is 6.32. The normalized spacial score (nSPS) is 20.1. The van der Waals surface area contributed by atoms with Crippen LogP contribution in [0.4, 0.5) is 0 Å². The van der Waals surface area contributed by atoms with E-state index in [1.807, 2.05) is 25.1 Å². The van der Waals surface area contributed by atoms with Gasteiger partial charge in [-0.15, -0.1) is 0 Å². The van der Waals surface area contributed by atoms with Crippen molar-refractivity contribution >= 4 is 17.4 Å². The average Bonchev–Trinajstić information content (AvgIpc) is 2.23. The van der Waals surface area contributed by atoms with Crippen LogP contribution >= 0.6 is 11.6 Å². The first-order valence-electron chi connectivity index (χ1n) is 5.29. The van der Waals surface area contributed by atoms with Gasteiger partial charge in [0.15, 0.2) is 5.78 Å². The van der Waals surface area contributed by atoms with Crippen LogP contribution in [0.2, 0.25) is 5.02 Å². The van der Waals surface area contributed by atoms with Crippen LogP contribution in [0.3, 0.4) is 0 Å². The quantitative estimate of drug-likeness (QED) is 0.835. The summed E-state index contributed by atoms with van der Waals surface area (Å²) in [6.45, 7) is 2.84. The van der Waals surface area contributed by atoms with Gasteiger partial charge in [0.25, 0.3) is 0 Å². The van der Waals surface area contributed by atoms with Gasteiger partial charge in [0.05, 0.1) is 6.04 Å². The molecular weight excluding hydrogens is 210 g/mol. The van der Waals surface area contributed by atoms with Crippen molar-refractivity contribution in [2.45, 2.75) is 25.8 Å². The van der Waals surface area contributed by atoms with E-state index in [4.69, 9.17) is 11.6 Å². The molecule has 0 saturated carbocycles. The molecule has 1 aliphatic carbocycles. The number of halogens is 1. The number of hydrogen-bond donors (Lipinski definition) is 1. The Morgan fingerprint density at radius 2 is 2.33 bits per heavy atom. The molecule has 0 fully saturated rings. The molecule has 2 rings (SSSR count). The van der Waals surface area contributed by atoms with Gasteiger partial charge in [0, 0.05) is 10.6 Å². The predicted molar refractivity (Wildman–Crippen MR) is 61.6 cm³/mol. The van der Waals surface area contributed by atoms with E-state index in [2.05, 4.69) is 5.32 Å². The maximum atomic E-state index is 12.0. The number of fused-ring (bicyclic) bond motifs is 1. The Morgan fingerprint density at radius 1 is 1.53 bits per heavy atom. The maximum absolute atomic E-state index is 12.0. The van der Waals surface area contributed by atoms with Crippen LogP contribution in [0.1, 0.15) is 29.3 Å². The highest BCUT2D eigenvalue weighted by Crippen LogP contribution is 2.27. The molecule has 1 unspecified atom stereocenters. The van der Waals surface area contributed by atoms with Crippen LogP contribution in [0.25, 0.3) is 0 Å². The van der Waals surface area contributed by atoms with Gasteiger partial charge in [-0.25, -0.2) is 0 Å². The third-order valence-electron chi connectivity index (χ3n) is 2.83. The fourth-order valence-corrected chi connectivity index (χ4v) is 2.36. The zero-order valence-corrected chi connectivity index (χ0v) is 9.47. The fraction of sp³-hybridized carbons (Fsp3) is 0.417. The monoisotopic (exact) mass is 223 g/mol. The molecule has 1 aromatic carbocycles. The number of nitrogens with one attached hydrogen (secondary N) is 1. The number of carbonyl (C=O) groups excluding carboxylic acids is 1. The lowest BCUT2D eigenvalue weighted by molar-refractivity contribution is 0.0929. The zero-order chi connectivity index (χ0) is 10.8. The Morgan fingerprint density at radius 3 is 3.07 bits per heavy atom. The molecule has 1 atom stereocenters. The number of carbonyl (C=O) groups is 1. The standard InChI is InChI=1S/C12H14ClNO/c1-2-14-11-7-6-8-9(12(11)15)4-3-5-10(8)13/h3-5,11,14H,2,6-7H2,1H3. The second kappa shape index (κ2) is 4.33. The summed E-state index contributed by atoms with van der Waals surface area (Å²) in [5.41, 5.74) is 1.80. The van der Waals surface area contributed by atoms with E-state index >= 15 is 0 Å². The number of benzene rings is 1. The molecule has 0 radical (unpaired) electrons. The van der Waals surface area contributed by atoms with Gasteiger partial charge in [-0.1, -0.05) is 30.7 Å². The molecule has 0 spiro atoms. The minimum absolute atomic E-state index is 0.0269. The minimum atomic E-state index is -0.0269. The summed E-state index contributed by atoms with van der Waals surface area (Å²) in [5.74, 6) is 0.181. The van der Waals surface area contributed by atoms with Crippen molar-refractivity contribution in [1.82, 2.24) is 5.32 Å². The first-order chi connectivity index (χ1) is 7.24. The van der Waals surface area contributed by atoms with Gasteiger partial charge in [-0.05, 0) is 31.0 Å². The molecular formula is C12H14ClNO. The number of likely N-dealkylation sites (N-methyl/N-ethyl adjacent to an activating group) is 1. The molecule has 80 valence electrons. The lowest BCUT2D eigenvalue weighted by atomic mass is 9.87. The molecule has 2 nitrogen and oxygen atoms in total. The Balaban J connectivity index is 2.34. The first-order valence-corrected chi connectivity index (χ1v) is 5.66. The number of Topliss-reactive ketones (excluding diaryl/α,β-unsaturated/α-hetero) is 1. The smallest absolute Gasteiger partial charge is 0.180 e. The van der Waals surface area contributed by atoms with Crippen molar-refractivity contribution < 1.29 is 4.79 Å². The van der Waals surface area contributed by atoms with Gasteiger partial charge in [-0.2, -0.15) is 0 Å². The van der Waals surface area contributed by atoms with E-state index in [9.17, 15) is 4.79 Å². The molecule has 0 bridgehead atoms. The van der Waals surface area contributed by atoms with Gasteiger partial charge >= 0.3 is 0 Å². The Hall–Kier alpha value is -0.860. The largest absolute Gasteiger partial charge is 0.307 e. The highest BCUT2D eigenvalue weighted by atomic mass is 35.5. The Bertz CT molecular complexity index is 389. The van der Waals surface area contributed by atoms with Crippen molar-refractivity contribution in [2.75, 3.05) is 6.54 Å². The summed E-state index contributed by atoms with van der Waals surface area (Å²) in [6.07, 6.45) is 1.74. The minimum Gasteiger partial charge on any atom is -0.307 e. The summed E-state index contributed by atoms with van der Waals surface area (Å²) >= 11 is 6.06. The van der Waals surface area contributed by atoms with Crippen molar-refractivity contribution in [2.24, 2.45) is 0 Å². The number of ketones is 1. The van der Waals surface area contributed by atoms with E-state index in [1.165, 1.54) is 0 Å². The maximum Gasteiger partial charge on any atom is 0.180 e. The SMILES string of the molecule is CCNC1CCc2c(Cl)cccc2C1=O. The molecule has 1 aromatic rings. The summed E-state index contributed by atoms with van der Waals surface area (Å²) in [6, 6.07) is 5.53. The van der Waals surface area contributed by atoms with Gasteiger partial charge in [-0.3, -0.25) is 4.79 Å². The van der Waals surface area contributed by atoms with Gasteiger partial charge in [0.1, 0.15) is 0 Å². The summed E-state index contributed by atoms with van der Waals surface area (Å²) < 4.78 is 0. The Kier molecular flexibility index (Phi) is 3.08. The molecule has 1 N–H and O–H groups in total. The van der Waals surface area contributed by atoms with Crippen LogP contribution < -0.4 is 5.32 Å². The second-order valence-electron chi connectivity index (χ2n) is 3.78. The molecule has 0 aromatic heterocycles. The van der Waals surface area contributed by atoms with Gasteiger partial charge < -0.3 is 5.32 Å². The average molecular weight is 224 g/mol. The second-order valence-corrected chi connectivity index (χ2v) is 4.19. The summed E-state index contributed by atoms with van der Waals surface area (Å²) in [4.78, 5) is 12.0. The summed E-state index contributed by atoms with van der Waals surface area (Å²) in [7, 11) is 0. The van der Waals surface area contributed by atoms with Crippen LogP contribution in [0.5, 0.6) is 0 Å². The van der Waals surface area contributed by atoms with Crippen molar-refractivity contribution in [3.63, 3.8) is 0 Å². The van der Waals surface area contributed by atoms with Crippen LogP contribution in [-0.2, 0) is 6.42 Å². The van der Waals surface area contributed by atoms with E-state index in [-0.39, 0.29) is 11.8 Å². The lowest BCUT2D eigenvalue weighted by Crippen LogP contribution is -2.40. The van der Waals surface area contributed by atoms with Crippen LogP contribution in [0.15, 0.2) is 18.2 Å². The van der Waals surface area contributed by atoms with Crippen molar-refractivity contribution in [1.29, 1.82) is 0 Å². The molecule has 0 aliphatic heterocycles. The third-order valence-corrected chi connectivity index (χ3v) is 3.19. The van der Waals surface area contributed by atoms with E-state index in [0.717, 1.165) is 35.5 Å². The zero-order valence-electron chi connectivity index (χ0n) is 8.72. The molecule has 0 amide bonds. The Labute approximate surface area is 94.6 Å². The molecule has 0 saturated heterocycles. The molecule has 3 heteroatoms. The first kappa shape index (κ1) is 10.7. The van der Waals surface area contributed by atoms with E-state index in [0.29, 0.717) is 0 Å².